The molecule has 0 aliphatic carbocycles. The second-order valence-electron chi connectivity index (χ2n) is 6.41. The lowest BCUT2D eigenvalue weighted by Crippen LogP contribution is -1.85. The number of hydrogen-bond donors (Lipinski definition) is 0. The molecule has 2 nitrogen and oxygen atoms in total. The minimum Gasteiger partial charge on any atom is -0.457 e. The Morgan fingerprint density at radius 3 is 1.61 bits per heavy atom. The molecule has 0 aliphatic rings. The maximum atomic E-state index is 5.71. The van der Waals surface area contributed by atoms with E-state index in [1.807, 2.05) is 110 Å². The Balaban J connectivity index is 0.000000161. The summed E-state index contributed by atoms with van der Waals surface area (Å²) in [6.07, 6.45) is 0. The Morgan fingerprint density at radius 1 is 0.464 bits per heavy atom. The van der Waals surface area contributed by atoms with E-state index in [1.165, 1.54) is 5.56 Å². The largest absolute Gasteiger partial charge is 0.457 e. The van der Waals surface area contributed by atoms with Gasteiger partial charge in [-0.05, 0) is 67.4 Å². The number of ether oxygens (including phenoxy) is 2. The highest BCUT2D eigenvalue weighted by atomic mass is 16.5. The maximum Gasteiger partial charge on any atom is 0.130 e. The maximum absolute atomic E-state index is 5.71. The fourth-order valence-electron chi connectivity index (χ4n) is 2.59. The Labute approximate surface area is 167 Å². The lowest BCUT2D eigenvalue weighted by Gasteiger charge is -2.07. The van der Waals surface area contributed by atoms with Gasteiger partial charge in [-0.2, -0.15) is 0 Å². The van der Waals surface area contributed by atoms with Gasteiger partial charge in [0.15, 0.2) is 0 Å². The summed E-state index contributed by atoms with van der Waals surface area (Å²) in [7, 11) is 0. The van der Waals surface area contributed by atoms with Gasteiger partial charge in [0.2, 0.25) is 0 Å². The van der Waals surface area contributed by atoms with Crippen molar-refractivity contribution in [2.75, 3.05) is 0 Å². The van der Waals surface area contributed by atoms with E-state index in [0.717, 1.165) is 28.6 Å². The van der Waals surface area contributed by atoms with Gasteiger partial charge in [-0.1, -0.05) is 66.7 Å². The van der Waals surface area contributed by atoms with Gasteiger partial charge in [-0.3, -0.25) is 0 Å². The van der Waals surface area contributed by atoms with E-state index in [2.05, 4.69) is 13.0 Å². The highest BCUT2D eigenvalue weighted by molar-refractivity contribution is 5.36. The molecule has 0 spiro atoms. The first-order valence-electron chi connectivity index (χ1n) is 9.29. The summed E-state index contributed by atoms with van der Waals surface area (Å²) >= 11 is 0. The first-order chi connectivity index (χ1) is 13.7. The number of hydrogen-bond acceptors (Lipinski definition) is 2. The molecule has 0 saturated carbocycles. The average Bonchev–Trinajstić information content (AvgIpc) is 2.72. The number of benzene rings is 4. The van der Waals surface area contributed by atoms with E-state index in [9.17, 15) is 0 Å². The van der Waals surface area contributed by atoms with Gasteiger partial charge in [-0.25, -0.2) is 0 Å². The molecule has 0 heterocycles. The summed E-state index contributed by atoms with van der Waals surface area (Å²) in [6, 6.07) is 35.6. The van der Waals surface area contributed by atoms with Crippen molar-refractivity contribution in [1.29, 1.82) is 0 Å². The highest BCUT2D eigenvalue weighted by Gasteiger charge is 1.98. The van der Waals surface area contributed by atoms with Crippen LogP contribution in [0, 0.1) is 13.8 Å². The number of para-hydroxylation sites is 3. The van der Waals surface area contributed by atoms with Crippen LogP contribution in [0.2, 0.25) is 0 Å². The van der Waals surface area contributed by atoms with Crippen molar-refractivity contribution in [2.24, 2.45) is 0 Å². The van der Waals surface area contributed by atoms with E-state index in [0.29, 0.717) is 0 Å². The Morgan fingerprint density at radius 2 is 1.00 bits per heavy atom. The molecule has 0 N–H and O–H groups in total. The van der Waals surface area contributed by atoms with Gasteiger partial charge in [0.25, 0.3) is 0 Å². The summed E-state index contributed by atoms with van der Waals surface area (Å²) in [4.78, 5) is 0. The summed E-state index contributed by atoms with van der Waals surface area (Å²) < 4.78 is 11.4. The fraction of sp³-hybridized carbons (Fsp3) is 0.0769. The molecular weight excluding hydrogens is 344 g/mol. The van der Waals surface area contributed by atoms with Crippen LogP contribution in [0.1, 0.15) is 11.1 Å². The molecule has 0 fully saturated rings. The van der Waals surface area contributed by atoms with Crippen LogP contribution in [-0.2, 0) is 0 Å². The van der Waals surface area contributed by atoms with Gasteiger partial charge < -0.3 is 9.47 Å². The molecule has 0 radical (unpaired) electrons. The third-order valence-corrected chi connectivity index (χ3v) is 4.03. The molecule has 0 atom stereocenters. The van der Waals surface area contributed by atoms with Crippen molar-refractivity contribution < 1.29 is 9.47 Å². The number of aryl methyl sites for hydroxylation is 2. The predicted molar refractivity (Wildman–Crippen MR) is 115 cm³/mol. The van der Waals surface area contributed by atoms with Crippen molar-refractivity contribution in [3.05, 3.63) is 120 Å². The zero-order valence-electron chi connectivity index (χ0n) is 16.2. The van der Waals surface area contributed by atoms with Crippen LogP contribution in [0.5, 0.6) is 23.0 Å². The van der Waals surface area contributed by atoms with Crippen molar-refractivity contribution in [2.45, 2.75) is 13.8 Å². The summed E-state index contributed by atoms with van der Waals surface area (Å²) in [5, 5.41) is 0. The Kier molecular flexibility index (Phi) is 6.86. The van der Waals surface area contributed by atoms with Crippen LogP contribution in [0.15, 0.2) is 109 Å². The lowest BCUT2D eigenvalue weighted by molar-refractivity contribution is 0.479. The van der Waals surface area contributed by atoms with E-state index in [1.54, 1.807) is 0 Å². The smallest absolute Gasteiger partial charge is 0.130 e. The van der Waals surface area contributed by atoms with Crippen LogP contribution in [0.3, 0.4) is 0 Å². The molecule has 0 saturated heterocycles. The third kappa shape index (κ3) is 6.03. The average molecular weight is 368 g/mol. The molecule has 2 heteroatoms. The minimum absolute atomic E-state index is 0.873. The van der Waals surface area contributed by atoms with Crippen molar-refractivity contribution in [1.82, 2.24) is 0 Å². The standard InChI is InChI=1S/2C13H12O/c1-11-7-5-6-10-13(11)14-12-8-3-2-4-9-12;1-11-6-5-9-13(10-11)14-12-7-3-2-4-8-12/h2*2-10H,1H3. The van der Waals surface area contributed by atoms with E-state index in [4.69, 9.17) is 9.47 Å². The molecule has 0 unspecified atom stereocenters. The van der Waals surface area contributed by atoms with E-state index >= 15 is 0 Å². The van der Waals surface area contributed by atoms with Crippen LogP contribution < -0.4 is 9.47 Å². The Bertz CT molecular complexity index is 979. The zero-order chi connectivity index (χ0) is 19.6. The van der Waals surface area contributed by atoms with Crippen LogP contribution >= 0.6 is 0 Å². The van der Waals surface area contributed by atoms with Gasteiger partial charge in [0.1, 0.15) is 23.0 Å². The van der Waals surface area contributed by atoms with Crippen LogP contribution in [0.25, 0.3) is 0 Å². The Hall–Kier alpha value is -3.52. The van der Waals surface area contributed by atoms with Gasteiger partial charge in [0.05, 0.1) is 0 Å². The molecule has 4 aromatic rings. The first kappa shape index (κ1) is 19.2. The van der Waals surface area contributed by atoms with Crippen molar-refractivity contribution >= 4 is 0 Å². The topological polar surface area (TPSA) is 18.5 Å². The van der Waals surface area contributed by atoms with Gasteiger partial charge in [-0.15, -0.1) is 0 Å². The molecule has 4 aromatic carbocycles. The molecule has 28 heavy (non-hydrogen) atoms. The fourth-order valence-corrected chi connectivity index (χ4v) is 2.59. The van der Waals surface area contributed by atoms with Gasteiger partial charge in [0, 0.05) is 0 Å². The van der Waals surface area contributed by atoms with E-state index in [-0.39, 0.29) is 0 Å². The second kappa shape index (κ2) is 9.98. The molecule has 140 valence electrons. The minimum atomic E-state index is 0.873. The summed E-state index contributed by atoms with van der Waals surface area (Å²) in [5.74, 6) is 3.55. The molecule has 0 aliphatic heterocycles. The predicted octanol–water partition coefficient (Wildman–Crippen LogP) is 7.57. The van der Waals surface area contributed by atoms with E-state index < -0.39 is 0 Å². The summed E-state index contributed by atoms with van der Waals surface area (Å²) in [5.41, 5.74) is 2.36. The van der Waals surface area contributed by atoms with Crippen LogP contribution in [-0.4, -0.2) is 0 Å². The molecular formula is C26H24O2. The quantitative estimate of drug-likeness (QED) is 0.370. The molecule has 0 aromatic heterocycles. The number of rotatable bonds is 4. The van der Waals surface area contributed by atoms with Crippen molar-refractivity contribution in [3.63, 3.8) is 0 Å². The SMILES string of the molecule is Cc1cccc(Oc2ccccc2)c1.Cc1ccccc1Oc1ccccc1. The van der Waals surface area contributed by atoms with Gasteiger partial charge >= 0.3 is 0 Å². The first-order valence-corrected chi connectivity index (χ1v) is 9.29. The monoisotopic (exact) mass is 368 g/mol. The third-order valence-electron chi connectivity index (χ3n) is 4.03. The normalized spacial score (nSPS) is 9.79. The summed E-state index contributed by atoms with van der Waals surface area (Å²) in [6.45, 7) is 4.09. The second-order valence-corrected chi connectivity index (χ2v) is 6.41. The highest BCUT2D eigenvalue weighted by Crippen LogP contribution is 2.24. The lowest BCUT2D eigenvalue weighted by atomic mass is 10.2. The van der Waals surface area contributed by atoms with Crippen molar-refractivity contribution in [3.8, 4) is 23.0 Å². The molecule has 0 bridgehead atoms. The van der Waals surface area contributed by atoms with Crippen LogP contribution in [0.4, 0.5) is 0 Å². The molecule has 4 rings (SSSR count). The molecule has 0 amide bonds. The zero-order valence-corrected chi connectivity index (χ0v) is 16.2.